The van der Waals surface area contributed by atoms with Crippen molar-refractivity contribution >= 4 is 82.4 Å². The molecule has 4 heteroatoms. The van der Waals surface area contributed by atoms with Crippen LogP contribution in [0.4, 0.5) is 0 Å². The van der Waals surface area contributed by atoms with Gasteiger partial charge in [-0.1, -0.05) is 162 Å². The number of para-hydroxylation sites is 5. The molecule has 4 nitrogen and oxygen atoms in total. The van der Waals surface area contributed by atoms with Crippen LogP contribution >= 0.6 is 0 Å². The minimum Gasteiger partial charge on any atom is -0.334 e. The van der Waals surface area contributed by atoms with E-state index in [1.807, 2.05) is 0 Å². The molecular formula is C71H62N4. The van der Waals surface area contributed by atoms with E-state index in [1.54, 1.807) is 0 Å². The SMILES string of the molecule is CCC(CC)(c1ccc2c(c1)c1cc(-c3ccc4c(c3)c3cc(C(CC)(CC)n5c6ccccc6c6ccccc65)ccc3n4-c3ccccc3)ccc1n2-c1ccccc1)n1c2c(c3ccccc31)C=CC(C)C2. The lowest BCUT2D eigenvalue weighted by atomic mass is 9.82. The maximum Gasteiger partial charge on any atom is 0.0697 e. The summed E-state index contributed by atoms with van der Waals surface area (Å²) in [7, 11) is 0. The molecule has 0 bridgehead atoms. The Kier molecular flexibility index (Phi) is 10.5. The maximum absolute atomic E-state index is 2.75. The van der Waals surface area contributed by atoms with Crippen molar-refractivity contribution in [3.05, 3.63) is 235 Å². The number of benzene rings is 9. The molecule has 0 saturated carbocycles. The van der Waals surface area contributed by atoms with Crippen LogP contribution in [0.5, 0.6) is 0 Å². The number of allylic oxidation sites excluding steroid dienone is 1. The number of hydrogen-bond acceptors (Lipinski definition) is 0. The van der Waals surface area contributed by atoms with E-state index in [0.717, 1.165) is 32.1 Å². The predicted molar refractivity (Wildman–Crippen MR) is 319 cm³/mol. The van der Waals surface area contributed by atoms with Crippen LogP contribution in [-0.2, 0) is 17.5 Å². The fourth-order valence-corrected chi connectivity index (χ4v) is 14.1. The van der Waals surface area contributed by atoms with Gasteiger partial charge in [0, 0.05) is 76.9 Å². The molecule has 4 heterocycles. The van der Waals surface area contributed by atoms with Crippen LogP contribution in [0.25, 0.3) is 105 Å². The van der Waals surface area contributed by atoms with E-state index in [0.29, 0.717) is 5.92 Å². The Morgan fingerprint density at radius 1 is 0.373 bits per heavy atom. The van der Waals surface area contributed by atoms with Crippen LogP contribution in [0.3, 0.4) is 0 Å². The summed E-state index contributed by atoms with van der Waals surface area (Å²) in [5.41, 5.74) is 18.6. The number of rotatable bonds is 11. The second kappa shape index (κ2) is 17.4. The molecule has 0 fully saturated rings. The Morgan fingerprint density at radius 3 is 1.23 bits per heavy atom. The molecule has 9 aromatic carbocycles. The summed E-state index contributed by atoms with van der Waals surface area (Å²) in [6.45, 7) is 11.9. The van der Waals surface area contributed by atoms with Crippen molar-refractivity contribution in [2.45, 2.75) is 77.8 Å². The molecule has 0 amide bonds. The molecule has 1 aliphatic rings. The predicted octanol–water partition coefficient (Wildman–Crippen LogP) is 18.9. The van der Waals surface area contributed by atoms with Gasteiger partial charge in [-0.25, -0.2) is 0 Å². The van der Waals surface area contributed by atoms with Gasteiger partial charge >= 0.3 is 0 Å². The van der Waals surface area contributed by atoms with Crippen LogP contribution in [0.2, 0.25) is 0 Å². The molecule has 1 unspecified atom stereocenters. The minimum atomic E-state index is -0.275. The van der Waals surface area contributed by atoms with E-state index in [-0.39, 0.29) is 11.1 Å². The van der Waals surface area contributed by atoms with Gasteiger partial charge in [-0.3, -0.25) is 0 Å². The Balaban J connectivity index is 0.986. The largest absolute Gasteiger partial charge is 0.334 e. The summed E-state index contributed by atoms with van der Waals surface area (Å²) in [5, 5.41) is 9.04. The highest BCUT2D eigenvalue weighted by atomic mass is 15.1. The lowest BCUT2D eigenvalue weighted by Crippen LogP contribution is -2.35. The summed E-state index contributed by atoms with van der Waals surface area (Å²) in [6, 6.07) is 78.0. The zero-order chi connectivity index (χ0) is 50.6. The monoisotopic (exact) mass is 970 g/mol. The van der Waals surface area contributed by atoms with Crippen LogP contribution in [-0.4, -0.2) is 18.3 Å². The Morgan fingerprint density at radius 2 is 0.760 bits per heavy atom. The van der Waals surface area contributed by atoms with E-state index in [2.05, 4.69) is 271 Å². The first-order valence-corrected chi connectivity index (χ1v) is 27.5. The van der Waals surface area contributed by atoms with Crippen LogP contribution in [0, 0.1) is 5.92 Å². The second-order valence-electron chi connectivity index (χ2n) is 21.4. The van der Waals surface area contributed by atoms with Gasteiger partial charge in [-0.05, 0) is 151 Å². The summed E-state index contributed by atoms with van der Waals surface area (Å²) >= 11 is 0. The Hall–Kier alpha value is -8.34. The van der Waals surface area contributed by atoms with E-state index in [1.165, 1.54) is 121 Å². The highest BCUT2D eigenvalue weighted by molar-refractivity contribution is 6.13. The van der Waals surface area contributed by atoms with Gasteiger partial charge in [-0.15, -0.1) is 0 Å². The van der Waals surface area contributed by atoms with Crippen molar-refractivity contribution in [3.8, 4) is 22.5 Å². The summed E-state index contributed by atoms with van der Waals surface area (Å²) < 4.78 is 10.3. The van der Waals surface area contributed by atoms with Gasteiger partial charge < -0.3 is 18.3 Å². The number of fused-ring (bicyclic) bond motifs is 12. The molecule has 1 atom stereocenters. The van der Waals surface area contributed by atoms with Gasteiger partial charge in [0.2, 0.25) is 0 Å². The normalized spacial score (nSPS) is 14.2. The molecule has 0 spiro atoms. The molecule has 1 aliphatic carbocycles. The van der Waals surface area contributed by atoms with E-state index in [9.17, 15) is 0 Å². The standard InChI is InChI=1S/C71H62N4/c1-6-70(7-2,74-66-29-19-16-26-54(66)55-27-17-20-30-67(55)74)50-35-40-64-60(45-50)58-43-48(33-38-62(58)72(64)52-22-12-10-13-23-52)49-34-39-63-59(44-49)61-46-51(36-41-65(61)73(63)53-24-14-11-15-25-53)71(8-3,9-4)75-68-31-21-18-28-56(68)57-37-32-47(5)42-69(57)75/h10-41,43-47H,6-9,42H2,1-5H3. The molecule has 14 rings (SSSR count). The third-order valence-electron chi connectivity index (χ3n) is 17.9. The van der Waals surface area contributed by atoms with E-state index < -0.39 is 0 Å². The first-order valence-electron chi connectivity index (χ1n) is 27.5. The molecule has 4 aromatic heterocycles. The fourth-order valence-electron chi connectivity index (χ4n) is 14.1. The topological polar surface area (TPSA) is 19.7 Å². The summed E-state index contributed by atoms with van der Waals surface area (Å²) in [4.78, 5) is 0. The van der Waals surface area contributed by atoms with Crippen molar-refractivity contribution in [1.29, 1.82) is 0 Å². The van der Waals surface area contributed by atoms with Crippen molar-refractivity contribution in [1.82, 2.24) is 18.3 Å². The Bertz CT molecular complexity index is 4340. The van der Waals surface area contributed by atoms with Crippen molar-refractivity contribution in [2.75, 3.05) is 0 Å². The van der Waals surface area contributed by atoms with Crippen molar-refractivity contribution < 1.29 is 0 Å². The van der Waals surface area contributed by atoms with Gasteiger partial charge in [0.1, 0.15) is 0 Å². The van der Waals surface area contributed by atoms with Crippen molar-refractivity contribution in [2.24, 2.45) is 5.92 Å². The maximum atomic E-state index is 2.75. The number of nitrogens with zero attached hydrogens (tertiary/aromatic N) is 4. The molecular weight excluding hydrogens is 909 g/mol. The molecule has 13 aromatic rings. The molecule has 75 heavy (non-hydrogen) atoms. The lowest BCUT2D eigenvalue weighted by Gasteiger charge is -2.38. The minimum absolute atomic E-state index is 0.239. The van der Waals surface area contributed by atoms with E-state index >= 15 is 0 Å². The zero-order valence-corrected chi connectivity index (χ0v) is 43.7. The Labute approximate surface area is 439 Å². The molecule has 0 radical (unpaired) electrons. The third kappa shape index (κ3) is 6.54. The fraction of sp³-hybridized carbons (Fsp3) is 0.183. The average molecular weight is 971 g/mol. The van der Waals surface area contributed by atoms with Gasteiger partial charge in [0.25, 0.3) is 0 Å². The third-order valence-corrected chi connectivity index (χ3v) is 17.9. The van der Waals surface area contributed by atoms with Crippen molar-refractivity contribution in [3.63, 3.8) is 0 Å². The lowest BCUT2D eigenvalue weighted by molar-refractivity contribution is 0.328. The molecule has 0 aliphatic heterocycles. The zero-order valence-electron chi connectivity index (χ0n) is 43.7. The quantitative estimate of drug-likeness (QED) is 0.123. The van der Waals surface area contributed by atoms with Crippen LogP contribution in [0.15, 0.2) is 212 Å². The first-order chi connectivity index (χ1) is 36.9. The van der Waals surface area contributed by atoms with Gasteiger partial charge in [-0.2, -0.15) is 0 Å². The average Bonchev–Trinajstić information content (AvgIpc) is 4.19. The summed E-state index contributed by atoms with van der Waals surface area (Å²) in [6.07, 6.45) is 9.70. The highest BCUT2D eigenvalue weighted by Gasteiger charge is 2.37. The number of aromatic nitrogens is 4. The van der Waals surface area contributed by atoms with Crippen LogP contribution < -0.4 is 0 Å². The first kappa shape index (κ1) is 45.3. The van der Waals surface area contributed by atoms with Crippen LogP contribution in [0.1, 0.15) is 82.7 Å². The summed E-state index contributed by atoms with van der Waals surface area (Å²) in [5.74, 6) is 0.486. The van der Waals surface area contributed by atoms with Gasteiger partial charge in [0.15, 0.2) is 0 Å². The molecule has 0 saturated heterocycles. The second-order valence-corrected chi connectivity index (χ2v) is 21.4. The smallest absolute Gasteiger partial charge is 0.0697 e. The molecule has 0 N–H and O–H groups in total. The molecule has 366 valence electrons. The number of hydrogen-bond donors (Lipinski definition) is 0. The highest BCUT2D eigenvalue weighted by Crippen LogP contribution is 2.47. The van der Waals surface area contributed by atoms with Gasteiger partial charge in [0.05, 0.1) is 33.1 Å². The van der Waals surface area contributed by atoms with E-state index in [4.69, 9.17) is 0 Å².